The monoisotopic (exact) mass is 463 g/mol. The summed E-state index contributed by atoms with van der Waals surface area (Å²) in [7, 11) is -2.92. The molecule has 3 aliphatic heterocycles. The van der Waals surface area contributed by atoms with Crippen LogP contribution < -0.4 is 5.32 Å². The molecule has 2 saturated heterocycles. The van der Waals surface area contributed by atoms with Crippen LogP contribution in [0.5, 0.6) is 0 Å². The molecular weight excluding hydrogens is 434 g/mol. The minimum Gasteiger partial charge on any atom is -0.432 e. The molecule has 2 fully saturated rings. The molecule has 1 spiro atoms. The van der Waals surface area contributed by atoms with E-state index in [0.717, 1.165) is 12.8 Å². The fourth-order valence-corrected chi connectivity index (χ4v) is 8.40. The molecule has 3 N–H and O–H groups in total. The van der Waals surface area contributed by atoms with Crippen LogP contribution in [0.4, 0.5) is 11.4 Å². The van der Waals surface area contributed by atoms with Crippen LogP contribution in [0.15, 0.2) is 18.2 Å². The van der Waals surface area contributed by atoms with Crippen LogP contribution in [0.2, 0.25) is 18.6 Å². The van der Waals surface area contributed by atoms with Crippen molar-refractivity contribution in [2.45, 2.75) is 62.6 Å². The predicted molar refractivity (Wildman–Crippen MR) is 117 cm³/mol. The Morgan fingerprint density at radius 2 is 2.16 bits per heavy atom. The molecule has 3 heterocycles. The van der Waals surface area contributed by atoms with E-state index in [0.29, 0.717) is 17.8 Å². The maximum atomic E-state index is 13.2. The Bertz CT molecular complexity index is 965. The Kier molecular flexibility index (Phi) is 5.64. The number of aliphatic hydroxyl groups is 1. The van der Waals surface area contributed by atoms with Gasteiger partial charge in [-0.1, -0.05) is 6.92 Å². The fraction of sp³-hybridized carbons (Fsp3) is 0.619. The zero-order chi connectivity index (χ0) is 23.4. The lowest BCUT2D eigenvalue weighted by Gasteiger charge is -2.32. The first-order valence-electron chi connectivity index (χ1n) is 10.9. The van der Waals surface area contributed by atoms with Crippen LogP contribution in [-0.2, 0) is 19.9 Å². The summed E-state index contributed by atoms with van der Waals surface area (Å²) in [5.41, 5.74) is -1.30. The fourth-order valence-electron chi connectivity index (χ4n) is 5.84. The van der Waals surface area contributed by atoms with E-state index in [-0.39, 0.29) is 30.7 Å². The van der Waals surface area contributed by atoms with Crippen LogP contribution in [-0.4, -0.2) is 65.2 Å². The Balaban J connectivity index is 1.72. The lowest BCUT2D eigenvalue weighted by molar-refractivity contribution is -0.385. The normalized spacial score (nSPS) is 31.8. The molecule has 5 atom stereocenters. The number of hydrogen-bond acceptors (Lipinski definition) is 7. The molecule has 11 heteroatoms. The number of ether oxygens (including phenoxy) is 1. The van der Waals surface area contributed by atoms with Gasteiger partial charge in [0.15, 0.2) is 13.9 Å². The van der Waals surface area contributed by atoms with E-state index in [1.807, 2.05) is 0 Å². The van der Waals surface area contributed by atoms with Crippen LogP contribution in [0, 0.1) is 16.0 Å². The molecule has 10 nitrogen and oxygen atoms in total. The van der Waals surface area contributed by atoms with Crippen molar-refractivity contribution in [3.63, 3.8) is 0 Å². The summed E-state index contributed by atoms with van der Waals surface area (Å²) in [5.74, 6) is -1.12. The first-order chi connectivity index (χ1) is 15.0. The predicted octanol–water partition coefficient (Wildman–Crippen LogP) is 1.72. The second-order valence-corrected chi connectivity index (χ2v) is 13.5. The number of nitro groups is 1. The molecular formula is C21H29N3O7Si. The molecule has 4 rings (SSSR count). The number of likely N-dealkylation sites (tertiary alicyclic amines) is 1. The molecule has 0 aliphatic carbocycles. The lowest BCUT2D eigenvalue weighted by Crippen LogP contribution is -2.44. The van der Waals surface area contributed by atoms with Gasteiger partial charge in [-0.25, -0.2) is 0 Å². The minimum absolute atomic E-state index is 0.0260. The highest BCUT2D eigenvalue weighted by atomic mass is 28.4. The van der Waals surface area contributed by atoms with E-state index in [4.69, 9.17) is 4.74 Å². The standard InChI is InChI=1S/C21H29N3O7Si/c1-12-19(32(2,3)30)17(10-18(26)23-8-4-5-14(23)11-25)31-21(12)15-9-13(24(28)29)6-7-16(15)22-20(21)27/h6-7,9,12,14,17,19,25,30H,4-5,8,10-11H2,1-3H3,(H,22,27)/t12-,14-,17+,19-,21+/m0/s1. The smallest absolute Gasteiger partial charge is 0.269 e. The molecule has 0 saturated carbocycles. The second kappa shape index (κ2) is 7.91. The second-order valence-electron chi connectivity index (χ2n) is 9.57. The molecule has 32 heavy (non-hydrogen) atoms. The summed E-state index contributed by atoms with van der Waals surface area (Å²) < 4.78 is 6.36. The number of carbonyl (C=O) groups is 2. The molecule has 1 aromatic carbocycles. The van der Waals surface area contributed by atoms with E-state index in [2.05, 4.69) is 5.32 Å². The highest BCUT2D eigenvalue weighted by Crippen LogP contribution is 2.58. The van der Waals surface area contributed by atoms with E-state index in [1.54, 1.807) is 24.9 Å². The average molecular weight is 464 g/mol. The van der Waals surface area contributed by atoms with Gasteiger partial charge < -0.3 is 24.9 Å². The van der Waals surface area contributed by atoms with Crippen molar-refractivity contribution >= 4 is 31.5 Å². The van der Waals surface area contributed by atoms with E-state index in [1.165, 1.54) is 18.2 Å². The van der Waals surface area contributed by atoms with Gasteiger partial charge in [0.25, 0.3) is 11.6 Å². The SMILES string of the molecule is C[C@H]1[C@H]([Si](C)(C)O)[C@@H](CC(=O)N2CCC[C@H]2CO)O[C@]12C(=O)Nc1ccc([N+](=O)[O-])cc12. The van der Waals surface area contributed by atoms with Gasteiger partial charge in [-0.05, 0) is 32.0 Å². The van der Waals surface area contributed by atoms with Crippen molar-refractivity contribution in [3.8, 4) is 0 Å². The Morgan fingerprint density at radius 3 is 2.78 bits per heavy atom. The van der Waals surface area contributed by atoms with Gasteiger partial charge >= 0.3 is 0 Å². The van der Waals surface area contributed by atoms with Gasteiger partial charge in [-0.2, -0.15) is 0 Å². The number of carbonyl (C=O) groups excluding carboxylic acids is 2. The van der Waals surface area contributed by atoms with Crippen molar-refractivity contribution in [1.29, 1.82) is 0 Å². The molecule has 0 bridgehead atoms. The molecule has 0 unspecified atom stereocenters. The van der Waals surface area contributed by atoms with Crippen LogP contribution in [0.1, 0.15) is 31.7 Å². The molecule has 1 aromatic rings. The maximum Gasteiger partial charge on any atom is 0.269 e. The van der Waals surface area contributed by atoms with Crippen molar-refractivity contribution in [2.24, 2.45) is 5.92 Å². The number of hydrogen-bond donors (Lipinski definition) is 3. The number of fused-ring (bicyclic) bond motifs is 2. The average Bonchev–Trinajstić information content (AvgIpc) is 3.37. The highest BCUT2D eigenvalue weighted by molar-refractivity contribution is 6.71. The molecule has 0 radical (unpaired) electrons. The quantitative estimate of drug-likeness (QED) is 0.343. The summed E-state index contributed by atoms with van der Waals surface area (Å²) in [6, 6.07) is 3.93. The molecule has 174 valence electrons. The third-order valence-corrected chi connectivity index (χ3v) is 9.72. The topological polar surface area (TPSA) is 142 Å². The number of rotatable bonds is 5. The molecule has 0 aromatic heterocycles. The molecule has 3 aliphatic rings. The number of non-ortho nitro benzene ring substituents is 1. The highest BCUT2D eigenvalue weighted by Gasteiger charge is 2.65. The van der Waals surface area contributed by atoms with E-state index in [9.17, 15) is 29.6 Å². The summed E-state index contributed by atoms with van der Waals surface area (Å²) in [6.07, 6.45) is 0.797. The van der Waals surface area contributed by atoms with Gasteiger partial charge in [0.05, 0.1) is 30.1 Å². The summed E-state index contributed by atoms with van der Waals surface area (Å²) >= 11 is 0. The van der Waals surface area contributed by atoms with Gasteiger partial charge in [0, 0.05) is 41.4 Å². The van der Waals surface area contributed by atoms with Gasteiger partial charge in [0.2, 0.25) is 5.91 Å². The Labute approximate surface area is 186 Å². The number of nitrogens with zero attached hydrogens (tertiary/aromatic N) is 2. The number of amides is 2. The van der Waals surface area contributed by atoms with Crippen molar-refractivity contribution in [1.82, 2.24) is 4.90 Å². The third kappa shape index (κ3) is 3.43. The summed E-state index contributed by atoms with van der Waals surface area (Å²) in [6.45, 7) is 5.75. The number of nitro benzene ring substituents is 1. The van der Waals surface area contributed by atoms with Gasteiger partial charge in [-0.3, -0.25) is 19.7 Å². The number of benzene rings is 1. The van der Waals surface area contributed by atoms with Crippen LogP contribution in [0.25, 0.3) is 0 Å². The zero-order valence-corrected chi connectivity index (χ0v) is 19.4. The summed E-state index contributed by atoms with van der Waals surface area (Å²) in [4.78, 5) is 49.9. The Hall–Kier alpha value is -2.34. The Morgan fingerprint density at radius 1 is 1.44 bits per heavy atom. The van der Waals surface area contributed by atoms with Gasteiger partial charge in [0.1, 0.15) is 0 Å². The maximum absolute atomic E-state index is 13.2. The van der Waals surface area contributed by atoms with Crippen LogP contribution >= 0.6 is 0 Å². The molecule has 2 amide bonds. The number of nitrogens with one attached hydrogen (secondary N) is 1. The number of aliphatic hydroxyl groups excluding tert-OH is 1. The largest absolute Gasteiger partial charge is 0.432 e. The van der Waals surface area contributed by atoms with Crippen molar-refractivity contribution < 1.29 is 29.2 Å². The lowest BCUT2D eigenvalue weighted by atomic mass is 9.82. The number of anilines is 1. The van der Waals surface area contributed by atoms with Crippen molar-refractivity contribution in [3.05, 3.63) is 33.9 Å². The summed E-state index contributed by atoms with van der Waals surface area (Å²) in [5, 5.41) is 23.7. The van der Waals surface area contributed by atoms with E-state index >= 15 is 0 Å². The minimum atomic E-state index is -2.92. The van der Waals surface area contributed by atoms with Crippen molar-refractivity contribution in [2.75, 3.05) is 18.5 Å². The van der Waals surface area contributed by atoms with E-state index < -0.39 is 42.3 Å². The first kappa shape index (κ1) is 22.8. The van der Waals surface area contributed by atoms with Gasteiger partial charge in [-0.15, -0.1) is 0 Å². The zero-order valence-electron chi connectivity index (χ0n) is 18.4. The first-order valence-corrected chi connectivity index (χ1v) is 13.9. The third-order valence-electron chi connectivity index (χ3n) is 7.22. The van der Waals surface area contributed by atoms with Crippen LogP contribution in [0.3, 0.4) is 0 Å².